The molecule has 0 saturated heterocycles. The minimum atomic E-state index is -0.911. The number of nitrogens with zero attached hydrogens (tertiary/aromatic N) is 2. The number of H-pyrrole nitrogens is 1. The molecule has 2 aromatic heterocycles. The maximum absolute atomic E-state index is 12.5. The van der Waals surface area contributed by atoms with Gasteiger partial charge >= 0.3 is 12.1 Å². The minimum absolute atomic E-state index is 0.103. The van der Waals surface area contributed by atoms with Crippen LogP contribution in [0.15, 0.2) is 83.8 Å². The normalized spacial score (nSPS) is 11.8. The third kappa shape index (κ3) is 4.67. The second-order valence-corrected chi connectivity index (χ2v) is 8.20. The number of carboxylic acid groups (broad SMARTS) is 1. The van der Waals surface area contributed by atoms with Crippen LogP contribution in [0, 0.1) is 0 Å². The molecule has 180 valence electrons. The highest BCUT2D eigenvalue weighted by Gasteiger charge is 2.18. The predicted molar refractivity (Wildman–Crippen MR) is 133 cm³/mol. The van der Waals surface area contributed by atoms with E-state index in [-0.39, 0.29) is 6.42 Å². The van der Waals surface area contributed by atoms with E-state index in [0.29, 0.717) is 28.1 Å². The zero-order chi connectivity index (χ0) is 25.1. The SMILES string of the molecule is CC(OC(=O)Nc1cnoc1-c1ccc(-c2ccc(CC(=O)O)c3nc[nH]c23)cc1)c1ccccc1. The first-order valence-corrected chi connectivity index (χ1v) is 11.2. The Bertz CT molecular complexity index is 1520. The van der Waals surface area contributed by atoms with Gasteiger partial charge in [-0.1, -0.05) is 71.9 Å². The number of aromatic nitrogens is 3. The fourth-order valence-corrected chi connectivity index (χ4v) is 4.07. The first-order valence-electron chi connectivity index (χ1n) is 11.2. The van der Waals surface area contributed by atoms with Crippen LogP contribution in [0.1, 0.15) is 24.2 Å². The lowest BCUT2D eigenvalue weighted by Crippen LogP contribution is -2.16. The van der Waals surface area contributed by atoms with E-state index in [9.17, 15) is 9.59 Å². The molecule has 0 aliphatic heterocycles. The number of aromatic amines is 1. The summed E-state index contributed by atoms with van der Waals surface area (Å²) in [6.07, 6.45) is 1.84. The number of nitrogens with one attached hydrogen (secondary N) is 2. The average molecular weight is 482 g/mol. The van der Waals surface area contributed by atoms with Crippen LogP contribution in [0.4, 0.5) is 10.5 Å². The number of imidazole rings is 1. The van der Waals surface area contributed by atoms with Gasteiger partial charge in [-0.2, -0.15) is 0 Å². The number of fused-ring (bicyclic) bond motifs is 1. The molecule has 9 nitrogen and oxygen atoms in total. The van der Waals surface area contributed by atoms with E-state index in [1.807, 2.05) is 60.7 Å². The van der Waals surface area contributed by atoms with Crippen LogP contribution in [0.3, 0.4) is 0 Å². The van der Waals surface area contributed by atoms with Crippen molar-refractivity contribution < 1.29 is 24.0 Å². The van der Waals surface area contributed by atoms with Crippen molar-refractivity contribution in [3.8, 4) is 22.5 Å². The van der Waals surface area contributed by atoms with Gasteiger partial charge in [0.15, 0.2) is 5.76 Å². The van der Waals surface area contributed by atoms with Gasteiger partial charge in [0.1, 0.15) is 11.8 Å². The Morgan fingerprint density at radius 3 is 2.56 bits per heavy atom. The van der Waals surface area contributed by atoms with Crippen LogP contribution in [-0.4, -0.2) is 32.3 Å². The first-order chi connectivity index (χ1) is 17.5. The zero-order valence-corrected chi connectivity index (χ0v) is 19.3. The molecule has 1 amide bonds. The maximum atomic E-state index is 12.5. The Morgan fingerprint density at radius 1 is 1.06 bits per heavy atom. The van der Waals surface area contributed by atoms with Crippen LogP contribution in [0.25, 0.3) is 33.5 Å². The number of aliphatic carboxylic acids is 1. The second-order valence-electron chi connectivity index (χ2n) is 8.20. The number of hydrogen-bond donors (Lipinski definition) is 3. The molecule has 0 bridgehead atoms. The Labute approximate surface area is 205 Å². The predicted octanol–water partition coefficient (Wildman–Crippen LogP) is 5.82. The lowest BCUT2D eigenvalue weighted by molar-refractivity contribution is -0.136. The molecule has 36 heavy (non-hydrogen) atoms. The summed E-state index contributed by atoms with van der Waals surface area (Å²) in [7, 11) is 0. The molecule has 3 aromatic carbocycles. The van der Waals surface area contributed by atoms with E-state index < -0.39 is 18.2 Å². The van der Waals surface area contributed by atoms with Gasteiger partial charge in [-0.3, -0.25) is 10.1 Å². The van der Waals surface area contributed by atoms with Crippen molar-refractivity contribution in [2.45, 2.75) is 19.4 Å². The quantitative estimate of drug-likeness (QED) is 0.266. The Hall–Kier alpha value is -4.92. The topological polar surface area (TPSA) is 130 Å². The molecule has 0 spiro atoms. The molecule has 0 radical (unpaired) electrons. The Kier molecular flexibility index (Phi) is 6.19. The van der Waals surface area contributed by atoms with Crippen LogP contribution >= 0.6 is 0 Å². The van der Waals surface area contributed by atoms with E-state index in [1.165, 1.54) is 6.20 Å². The average Bonchev–Trinajstić information content (AvgIpc) is 3.55. The largest absolute Gasteiger partial charge is 0.481 e. The van der Waals surface area contributed by atoms with Crippen molar-refractivity contribution in [3.05, 3.63) is 90.4 Å². The highest BCUT2D eigenvalue weighted by Crippen LogP contribution is 2.33. The van der Waals surface area contributed by atoms with Gasteiger partial charge in [0.05, 0.1) is 30.0 Å². The van der Waals surface area contributed by atoms with E-state index in [2.05, 4.69) is 20.4 Å². The van der Waals surface area contributed by atoms with Crippen molar-refractivity contribution in [2.75, 3.05) is 5.32 Å². The zero-order valence-electron chi connectivity index (χ0n) is 19.3. The molecular weight excluding hydrogens is 460 g/mol. The van der Waals surface area contributed by atoms with Gasteiger partial charge in [-0.15, -0.1) is 0 Å². The summed E-state index contributed by atoms with van der Waals surface area (Å²) in [5.74, 6) is -0.513. The highest BCUT2D eigenvalue weighted by molar-refractivity contribution is 5.95. The molecule has 0 fully saturated rings. The molecule has 1 atom stereocenters. The van der Waals surface area contributed by atoms with Gasteiger partial charge in [0, 0.05) is 11.1 Å². The van der Waals surface area contributed by atoms with Crippen LogP contribution in [0.5, 0.6) is 0 Å². The van der Waals surface area contributed by atoms with E-state index in [4.69, 9.17) is 14.4 Å². The summed E-state index contributed by atoms with van der Waals surface area (Å²) in [6, 6.07) is 20.6. The van der Waals surface area contributed by atoms with Crippen molar-refractivity contribution in [3.63, 3.8) is 0 Å². The molecule has 0 aliphatic rings. The highest BCUT2D eigenvalue weighted by atomic mass is 16.6. The molecule has 0 saturated carbocycles. The number of benzene rings is 3. The molecule has 1 unspecified atom stereocenters. The fraction of sp³-hybridized carbons (Fsp3) is 0.111. The third-order valence-corrected chi connectivity index (χ3v) is 5.82. The number of anilines is 1. The lowest BCUT2D eigenvalue weighted by atomic mass is 9.99. The number of carbonyl (C=O) groups excluding carboxylic acids is 1. The molecule has 3 N–H and O–H groups in total. The van der Waals surface area contributed by atoms with Crippen molar-refractivity contribution in [1.82, 2.24) is 15.1 Å². The lowest BCUT2D eigenvalue weighted by Gasteiger charge is -2.14. The van der Waals surface area contributed by atoms with Crippen LogP contribution in [0.2, 0.25) is 0 Å². The number of rotatable bonds is 7. The molecule has 5 rings (SSSR count). The van der Waals surface area contributed by atoms with Crippen molar-refractivity contribution in [2.24, 2.45) is 0 Å². The minimum Gasteiger partial charge on any atom is -0.481 e. The van der Waals surface area contributed by atoms with Crippen molar-refractivity contribution in [1.29, 1.82) is 0 Å². The van der Waals surface area contributed by atoms with Crippen LogP contribution in [-0.2, 0) is 16.0 Å². The third-order valence-electron chi connectivity index (χ3n) is 5.82. The van der Waals surface area contributed by atoms with Gasteiger partial charge in [0.2, 0.25) is 0 Å². The molecular formula is C27H22N4O5. The van der Waals surface area contributed by atoms with Gasteiger partial charge in [0.25, 0.3) is 0 Å². The molecule has 2 heterocycles. The van der Waals surface area contributed by atoms with Crippen molar-refractivity contribution >= 4 is 28.8 Å². The fourth-order valence-electron chi connectivity index (χ4n) is 4.07. The standard InChI is InChI=1S/C27H22N4O5/c1-16(17-5-3-2-4-6-17)35-27(34)31-22-14-30-36-26(22)19-9-7-18(8-10-19)21-12-11-20(13-23(32)33)24-25(21)29-15-28-24/h2-12,14-16H,13H2,1H3,(H,28,29)(H,31,34)(H,32,33). The number of carbonyl (C=O) groups is 2. The Morgan fingerprint density at radius 2 is 1.81 bits per heavy atom. The number of hydrogen-bond acceptors (Lipinski definition) is 6. The summed E-state index contributed by atoms with van der Waals surface area (Å²) < 4.78 is 10.9. The number of carboxylic acids is 1. The molecule has 5 aromatic rings. The second kappa shape index (κ2) is 9.75. The number of amides is 1. The number of ether oxygens (including phenoxy) is 1. The van der Waals surface area contributed by atoms with E-state index >= 15 is 0 Å². The first kappa shape index (κ1) is 22.9. The van der Waals surface area contributed by atoms with Gasteiger partial charge in [-0.05, 0) is 23.6 Å². The summed E-state index contributed by atoms with van der Waals surface area (Å²) in [5.41, 5.74) is 5.81. The van der Waals surface area contributed by atoms with Gasteiger partial charge in [-0.25, -0.2) is 9.78 Å². The Balaban J connectivity index is 1.34. The van der Waals surface area contributed by atoms with Crippen LogP contribution < -0.4 is 5.32 Å². The molecule has 9 heteroatoms. The van der Waals surface area contributed by atoms with E-state index in [0.717, 1.165) is 22.2 Å². The summed E-state index contributed by atoms with van der Waals surface area (Å²) >= 11 is 0. The summed E-state index contributed by atoms with van der Waals surface area (Å²) in [6.45, 7) is 1.80. The van der Waals surface area contributed by atoms with Gasteiger partial charge < -0.3 is 19.4 Å². The summed E-state index contributed by atoms with van der Waals surface area (Å²) in [4.78, 5) is 31.0. The summed E-state index contributed by atoms with van der Waals surface area (Å²) in [5, 5.41) is 15.7. The maximum Gasteiger partial charge on any atom is 0.412 e. The molecule has 0 aliphatic carbocycles. The monoisotopic (exact) mass is 482 g/mol. The smallest absolute Gasteiger partial charge is 0.412 e. The van der Waals surface area contributed by atoms with E-state index in [1.54, 1.807) is 19.3 Å².